The van der Waals surface area contributed by atoms with Crippen LogP contribution in [0, 0.1) is 12.8 Å². The zero-order chi connectivity index (χ0) is 22.1. The topological polar surface area (TPSA) is 64.9 Å². The second-order valence-corrected chi connectivity index (χ2v) is 9.60. The summed E-state index contributed by atoms with van der Waals surface area (Å²) in [4.78, 5) is 34.5. The highest BCUT2D eigenvalue weighted by Gasteiger charge is 2.57. The average Bonchev–Trinajstić information content (AvgIpc) is 3.08. The van der Waals surface area contributed by atoms with Crippen LogP contribution in [0.25, 0.3) is 0 Å². The van der Waals surface area contributed by atoms with Crippen LogP contribution < -0.4 is 0 Å². The Bertz CT molecular complexity index is 764. The number of imide groups is 1. The second-order valence-electron chi connectivity index (χ2n) is 9.60. The van der Waals surface area contributed by atoms with Gasteiger partial charge in [0, 0.05) is 58.1 Å². The van der Waals surface area contributed by atoms with Crippen molar-refractivity contribution in [2.24, 2.45) is 13.0 Å². The lowest BCUT2D eigenvalue weighted by molar-refractivity contribution is -0.135. The van der Waals surface area contributed by atoms with Crippen LogP contribution in [-0.2, 0) is 18.4 Å². The van der Waals surface area contributed by atoms with Gasteiger partial charge in [0.15, 0.2) is 0 Å². The Labute approximate surface area is 180 Å². The minimum atomic E-state index is -0.668. The minimum Gasteiger partial charge on any atom is -0.309 e. The fourth-order valence-electron chi connectivity index (χ4n) is 4.59. The lowest BCUT2D eigenvalue weighted by Gasteiger charge is -2.42. The largest absolute Gasteiger partial charge is 0.327 e. The number of carbonyl (C=O) groups is 2. The van der Waals surface area contributed by atoms with Gasteiger partial charge in [-0.25, -0.2) is 4.79 Å². The van der Waals surface area contributed by atoms with Crippen molar-refractivity contribution in [1.29, 1.82) is 0 Å². The van der Waals surface area contributed by atoms with Crippen LogP contribution in [0.2, 0.25) is 0 Å². The van der Waals surface area contributed by atoms with Crippen molar-refractivity contribution >= 4 is 11.9 Å². The van der Waals surface area contributed by atoms with E-state index in [4.69, 9.17) is 0 Å². The van der Waals surface area contributed by atoms with E-state index in [9.17, 15) is 9.59 Å². The van der Waals surface area contributed by atoms with Crippen molar-refractivity contribution < 1.29 is 9.59 Å². The molecule has 8 heteroatoms. The summed E-state index contributed by atoms with van der Waals surface area (Å²) in [7, 11) is 5.88. The molecule has 1 spiro atoms. The number of urea groups is 1. The first-order chi connectivity index (χ1) is 14.1. The molecule has 1 aromatic heterocycles. The molecule has 0 radical (unpaired) electrons. The molecule has 0 unspecified atom stereocenters. The highest BCUT2D eigenvalue weighted by atomic mass is 16.2. The van der Waals surface area contributed by atoms with Crippen molar-refractivity contribution in [3.8, 4) is 0 Å². The van der Waals surface area contributed by atoms with Gasteiger partial charge in [0.1, 0.15) is 5.54 Å². The molecule has 2 fully saturated rings. The minimum absolute atomic E-state index is 0.00955. The van der Waals surface area contributed by atoms with Gasteiger partial charge in [0.2, 0.25) is 0 Å². The maximum Gasteiger partial charge on any atom is 0.327 e. The summed E-state index contributed by atoms with van der Waals surface area (Å²) in [5, 5.41) is 4.44. The normalized spacial score (nSPS) is 19.9. The highest BCUT2D eigenvalue weighted by Crippen LogP contribution is 2.38. The number of likely N-dealkylation sites (tertiary alicyclic amines) is 1. The van der Waals surface area contributed by atoms with Gasteiger partial charge in [0.25, 0.3) is 5.91 Å². The smallest absolute Gasteiger partial charge is 0.309 e. The van der Waals surface area contributed by atoms with E-state index >= 15 is 0 Å². The molecule has 2 aliphatic rings. The van der Waals surface area contributed by atoms with Gasteiger partial charge in [0.05, 0.1) is 5.69 Å². The van der Waals surface area contributed by atoms with Gasteiger partial charge >= 0.3 is 6.03 Å². The zero-order valence-corrected chi connectivity index (χ0v) is 19.5. The molecule has 30 heavy (non-hydrogen) atoms. The molecule has 0 bridgehead atoms. The fourth-order valence-corrected chi connectivity index (χ4v) is 4.59. The fraction of sp³-hybridized carbons (Fsp3) is 0.773. The van der Waals surface area contributed by atoms with Crippen molar-refractivity contribution in [2.45, 2.75) is 52.1 Å². The van der Waals surface area contributed by atoms with E-state index in [1.54, 1.807) is 0 Å². The molecule has 2 aliphatic heterocycles. The molecule has 0 aromatic carbocycles. The number of aryl methyl sites for hydroxylation is 2. The lowest BCUT2D eigenvalue weighted by Crippen LogP contribution is -2.56. The monoisotopic (exact) mass is 418 g/mol. The third kappa shape index (κ3) is 4.54. The highest BCUT2D eigenvalue weighted by molar-refractivity contribution is 6.07. The summed E-state index contributed by atoms with van der Waals surface area (Å²) < 4.78 is 1.85. The molecule has 0 atom stereocenters. The number of amides is 3. The van der Waals surface area contributed by atoms with E-state index in [2.05, 4.69) is 30.0 Å². The van der Waals surface area contributed by atoms with Gasteiger partial charge in [-0.1, -0.05) is 13.8 Å². The van der Waals surface area contributed by atoms with Crippen molar-refractivity contribution in [2.75, 3.05) is 46.8 Å². The Hall–Kier alpha value is -1.93. The van der Waals surface area contributed by atoms with Crippen LogP contribution in [-0.4, -0.2) is 93.7 Å². The van der Waals surface area contributed by atoms with E-state index in [1.165, 1.54) is 10.5 Å². The Morgan fingerprint density at radius 2 is 1.83 bits per heavy atom. The number of likely N-dealkylation sites (N-methyl/N-ethyl adjacent to an activating group) is 1. The first-order valence-corrected chi connectivity index (χ1v) is 11.1. The molecule has 0 N–H and O–H groups in total. The van der Waals surface area contributed by atoms with E-state index in [1.807, 2.05) is 42.5 Å². The van der Waals surface area contributed by atoms with Crippen LogP contribution in [0.4, 0.5) is 4.79 Å². The molecule has 0 saturated carbocycles. The van der Waals surface area contributed by atoms with E-state index in [0.717, 1.165) is 31.7 Å². The van der Waals surface area contributed by atoms with E-state index < -0.39 is 5.54 Å². The Morgan fingerprint density at radius 3 is 2.37 bits per heavy atom. The van der Waals surface area contributed by atoms with Gasteiger partial charge in [-0.2, -0.15) is 5.10 Å². The van der Waals surface area contributed by atoms with Crippen molar-refractivity contribution in [1.82, 2.24) is 29.4 Å². The second kappa shape index (κ2) is 9.06. The predicted octanol–water partition coefficient (Wildman–Crippen LogP) is 1.94. The van der Waals surface area contributed by atoms with Crippen LogP contribution in [0.15, 0.2) is 6.20 Å². The van der Waals surface area contributed by atoms with Crippen molar-refractivity contribution in [3.05, 3.63) is 17.5 Å². The Morgan fingerprint density at radius 1 is 1.17 bits per heavy atom. The molecule has 0 aliphatic carbocycles. The predicted molar refractivity (Wildman–Crippen MR) is 117 cm³/mol. The number of piperidine rings is 1. The third-order valence-corrected chi connectivity index (χ3v) is 6.51. The molecule has 1 aromatic rings. The van der Waals surface area contributed by atoms with Gasteiger partial charge in [-0.15, -0.1) is 0 Å². The number of hydrogen-bond acceptors (Lipinski definition) is 5. The zero-order valence-electron chi connectivity index (χ0n) is 19.5. The molecule has 2 saturated heterocycles. The molecule has 3 heterocycles. The maximum absolute atomic E-state index is 13.5. The molecule has 3 amide bonds. The quantitative estimate of drug-likeness (QED) is 0.604. The number of carbonyl (C=O) groups excluding carboxylic acids is 2. The van der Waals surface area contributed by atoms with Crippen LogP contribution >= 0.6 is 0 Å². The SMILES string of the molecule is Cc1nn(C)cc1CN1CCC2(CC1)C(=O)N(CCN(C)C)C(=O)N2CCC(C)C. The van der Waals surface area contributed by atoms with Gasteiger partial charge in [-0.05, 0) is 46.2 Å². The van der Waals surface area contributed by atoms with Crippen LogP contribution in [0.5, 0.6) is 0 Å². The van der Waals surface area contributed by atoms with Crippen LogP contribution in [0.1, 0.15) is 44.4 Å². The number of nitrogens with zero attached hydrogens (tertiary/aromatic N) is 6. The summed E-state index contributed by atoms with van der Waals surface area (Å²) >= 11 is 0. The summed E-state index contributed by atoms with van der Waals surface area (Å²) in [6, 6.07) is -0.0981. The lowest BCUT2D eigenvalue weighted by atomic mass is 9.85. The van der Waals surface area contributed by atoms with Crippen molar-refractivity contribution in [3.63, 3.8) is 0 Å². The molecule has 8 nitrogen and oxygen atoms in total. The standard InChI is InChI=1S/C22H38N6O2/c1-17(2)7-10-28-21(30)27(14-13-24(4)5)20(29)22(28)8-11-26(12-9-22)16-19-15-25(6)23-18(19)3/h15,17H,7-14,16H2,1-6H3. The summed E-state index contributed by atoms with van der Waals surface area (Å²) in [5.41, 5.74) is 1.61. The maximum atomic E-state index is 13.5. The Balaban J connectivity index is 1.74. The third-order valence-electron chi connectivity index (χ3n) is 6.51. The molecular weight excluding hydrogens is 380 g/mol. The summed E-state index contributed by atoms with van der Waals surface area (Å²) in [6.07, 6.45) is 4.39. The number of hydrogen-bond donors (Lipinski definition) is 0. The molecule has 168 valence electrons. The number of aromatic nitrogens is 2. The summed E-state index contributed by atoms with van der Waals surface area (Å²) in [6.45, 7) is 10.6. The Kier molecular flexibility index (Phi) is 6.87. The first-order valence-electron chi connectivity index (χ1n) is 11.1. The first kappa shape index (κ1) is 22.7. The van der Waals surface area contributed by atoms with Gasteiger partial charge < -0.3 is 9.80 Å². The van der Waals surface area contributed by atoms with Gasteiger partial charge in [-0.3, -0.25) is 19.3 Å². The summed E-state index contributed by atoms with van der Waals surface area (Å²) in [5.74, 6) is 0.504. The molecule has 3 rings (SSSR count). The van der Waals surface area contributed by atoms with E-state index in [-0.39, 0.29) is 11.9 Å². The number of rotatable bonds is 8. The van der Waals surface area contributed by atoms with E-state index in [0.29, 0.717) is 38.4 Å². The van der Waals surface area contributed by atoms with Crippen LogP contribution in [0.3, 0.4) is 0 Å². The molecular formula is C22H38N6O2. The average molecular weight is 419 g/mol.